The molecule has 0 atom stereocenters. The van der Waals surface area contributed by atoms with Crippen molar-refractivity contribution in [3.05, 3.63) is 35.2 Å². The van der Waals surface area contributed by atoms with E-state index in [0.717, 1.165) is 5.56 Å². The summed E-state index contributed by atoms with van der Waals surface area (Å²) in [5.74, 6) is 0.927. The highest BCUT2D eigenvalue weighted by atomic mass is 35.5. The van der Waals surface area contributed by atoms with Crippen molar-refractivity contribution in [3.63, 3.8) is 0 Å². The Morgan fingerprint density at radius 3 is 2.69 bits per heavy atom. The van der Waals surface area contributed by atoms with E-state index in [4.69, 9.17) is 21.3 Å². The summed E-state index contributed by atoms with van der Waals surface area (Å²) in [6.45, 7) is 0. The summed E-state index contributed by atoms with van der Waals surface area (Å²) in [5, 5.41) is 16.8. The third-order valence-electron chi connectivity index (χ3n) is 2.01. The van der Waals surface area contributed by atoms with Gasteiger partial charge in [-0.15, -0.1) is 10.2 Å². The number of rotatable bonds is 3. The van der Waals surface area contributed by atoms with Gasteiger partial charge in [0.15, 0.2) is 0 Å². The molecule has 0 aliphatic rings. The number of aryl methyl sites for hydroxylation is 1. The summed E-state index contributed by atoms with van der Waals surface area (Å²) in [6, 6.07) is 9.17. The van der Waals surface area contributed by atoms with E-state index in [0.29, 0.717) is 29.6 Å². The van der Waals surface area contributed by atoms with Crippen molar-refractivity contribution in [2.75, 3.05) is 0 Å². The van der Waals surface area contributed by atoms with Crippen LogP contribution in [0.5, 0.6) is 0 Å². The lowest BCUT2D eigenvalue weighted by Gasteiger charge is -1.93. The zero-order valence-electron chi connectivity index (χ0n) is 8.35. The molecular weight excluding hydrogens is 226 g/mol. The first-order valence-electron chi connectivity index (χ1n) is 4.75. The van der Waals surface area contributed by atoms with E-state index in [9.17, 15) is 0 Å². The lowest BCUT2D eigenvalue weighted by molar-refractivity contribution is 0.507. The van der Waals surface area contributed by atoms with E-state index in [1.807, 2.05) is 18.2 Å². The van der Waals surface area contributed by atoms with Crippen molar-refractivity contribution >= 4 is 11.6 Å². The van der Waals surface area contributed by atoms with Crippen LogP contribution in [0.2, 0.25) is 5.02 Å². The third-order valence-corrected chi connectivity index (χ3v) is 2.26. The molecule has 2 aromatic rings. The largest absolute Gasteiger partial charge is 0.421 e. The van der Waals surface area contributed by atoms with Crippen molar-refractivity contribution in [1.29, 1.82) is 5.26 Å². The number of hydrogen-bond acceptors (Lipinski definition) is 4. The normalized spacial score (nSPS) is 10.0. The van der Waals surface area contributed by atoms with Crippen molar-refractivity contribution < 1.29 is 4.42 Å². The molecule has 0 aliphatic heterocycles. The van der Waals surface area contributed by atoms with E-state index < -0.39 is 0 Å². The van der Waals surface area contributed by atoms with Crippen LogP contribution in [0.25, 0.3) is 11.5 Å². The average molecular weight is 234 g/mol. The van der Waals surface area contributed by atoms with Crippen LogP contribution in [0.15, 0.2) is 28.7 Å². The maximum Gasteiger partial charge on any atom is 0.247 e. The second-order valence-corrected chi connectivity index (χ2v) is 3.60. The first-order chi connectivity index (χ1) is 7.79. The number of halogens is 1. The van der Waals surface area contributed by atoms with Gasteiger partial charge in [-0.2, -0.15) is 5.26 Å². The zero-order chi connectivity index (χ0) is 11.4. The Hall–Kier alpha value is -1.86. The molecule has 1 aromatic heterocycles. The van der Waals surface area contributed by atoms with Gasteiger partial charge in [0.25, 0.3) is 0 Å². The summed E-state index contributed by atoms with van der Waals surface area (Å²) in [6.07, 6.45) is 0.860. The molecule has 80 valence electrons. The minimum atomic E-state index is 0.377. The Morgan fingerprint density at radius 2 is 2.00 bits per heavy atom. The molecule has 2 rings (SSSR count). The van der Waals surface area contributed by atoms with Gasteiger partial charge in [0.05, 0.1) is 6.07 Å². The molecule has 0 saturated heterocycles. The maximum atomic E-state index is 8.43. The molecule has 16 heavy (non-hydrogen) atoms. The number of nitrogens with zero attached hydrogens (tertiary/aromatic N) is 3. The summed E-state index contributed by atoms with van der Waals surface area (Å²) in [5.41, 5.74) is 0.820. The quantitative estimate of drug-likeness (QED) is 0.818. The van der Waals surface area contributed by atoms with Gasteiger partial charge in [-0.1, -0.05) is 11.6 Å². The van der Waals surface area contributed by atoms with Crippen molar-refractivity contribution in [1.82, 2.24) is 10.2 Å². The molecule has 0 amide bonds. The minimum Gasteiger partial charge on any atom is -0.421 e. The molecular formula is C11H8ClN3O. The van der Waals surface area contributed by atoms with E-state index >= 15 is 0 Å². The zero-order valence-corrected chi connectivity index (χ0v) is 9.11. The van der Waals surface area contributed by atoms with Crippen LogP contribution < -0.4 is 0 Å². The molecule has 0 saturated carbocycles. The van der Waals surface area contributed by atoms with Crippen LogP contribution in [-0.4, -0.2) is 10.2 Å². The Bertz CT molecular complexity index is 513. The summed E-state index contributed by atoms with van der Waals surface area (Å²) in [7, 11) is 0. The van der Waals surface area contributed by atoms with Gasteiger partial charge in [-0.3, -0.25) is 0 Å². The van der Waals surface area contributed by atoms with Crippen molar-refractivity contribution in [2.24, 2.45) is 0 Å². The summed E-state index contributed by atoms with van der Waals surface area (Å²) >= 11 is 5.77. The molecule has 1 aromatic carbocycles. The highest BCUT2D eigenvalue weighted by Gasteiger charge is 2.07. The molecule has 4 nitrogen and oxygen atoms in total. The topological polar surface area (TPSA) is 62.7 Å². The highest BCUT2D eigenvalue weighted by Crippen LogP contribution is 2.20. The van der Waals surface area contributed by atoms with Gasteiger partial charge in [0, 0.05) is 23.4 Å². The van der Waals surface area contributed by atoms with E-state index in [1.54, 1.807) is 12.1 Å². The Kier molecular flexibility index (Phi) is 3.18. The average Bonchev–Trinajstić information content (AvgIpc) is 2.76. The SMILES string of the molecule is N#CCCc1nnc(-c2ccc(Cl)cc2)o1. The lowest BCUT2D eigenvalue weighted by Crippen LogP contribution is -1.82. The van der Waals surface area contributed by atoms with Gasteiger partial charge >= 0.3 is 0 Å². The summed E-state index contributed by atoms with van der Waals surface area (Å²) in [4.78, 5) is 0. The van der Waals surface area contributed by atoms with E-state index in [1.165, 1.54) is 0 Å². The first kappa shape index (κ1) is 10.7. The maximum absolute atomic E-state index is 8.43. The van der Waals surface area contributed by atoms with Gasteiger partial charge in [0.1, 0.15) is 0 Å². The number of nitriles is 1. The van der Waals surface area contributed by atoms with Crippen LogP contribution in [0.1, 0.15) is 12.3 Å². The first-order valence-corrected chi connectivity index (χ1v) is 5.12. The Morgan fingerprint density at radius 1 is 1.25 bits per heavy atom. The number of aromatic nitrogens is 2. The fourth-order valence-corrected chi connectivity index (χ4v) is 1.35. The van der Waals surface area contributed by atoms with Crippen LogP contribution in [0, 0.1) is 11.3 Å². The molecule has 0 bridgehead atoms. The van der Waals surface area contributed by atoms with E-state index in [-0.39, 0.29) is 0 Å². The third kappa shape index (κ3) is 2.38. The Labute approximate surface area is 97.5 Å². The molecule has 0 radical (unpaired) electrons. The van der Waals surface area contributed by atoms with Crippen molar-refractivity contribution in [3.8, 4) is 17.5 Å². The fourth-order valence-electron chi connectivity index (χ4n) is 1.23. The van der Waals surface area contributed by atoms with Crippen LogP contribution >= 0.6 is 11.6 Å². The molecule has 1 heterocycles. The van der Waals surface area contributed by atoms with Gasteiger partial charge in [-0.05, 0) is 24.3 Å². The van der Waals surface area contributed by atoms with Gasteiger partial charge < -0.3 is 4.42 Å². The molecule has 0 fully saturated rings. The van der Waals surface area contributed by atoms with Crippen LogP contribution in [-0.2, 0) is 6.42 Å². The predicted molar refractivity (Wildman–Crippen MR) is 58.7 cm³/mol. The van der Waals surface area contributed by atoms with Gasteiger partial charge in [0.2, 0.25) is 11.8 Å². The monoisotopic (exact) mass is 233 g/mol. The van der Waals surface area contributed by atoms with Gasteiger partial charge in [-0.25, -0.2) is 0 Å². The van der Waals surface area contributed by atoms with Crippen LogP contribution in [0.4, 0.5) is 0 Å². The van der Waals surface area contributed by atoms with E-state index in [2.05, 4.69) is 10.2 Å². The molecule has 5 heteroatoms. The molecule has 0 unspecified atom stereocenters. The van der Waals surface area contributed by atoms with Crippen molar-refractivity contribution in [2.45, 2.75) is 12.8 Å². The van der Waals surface area contributed by atoms with Crippen LogP contribution in [0.3, 0.4) is 0 Å². The standard InChI is InChI=1S/C11H8ClN3O/c12-9-5-3-8(4-6-9)11-15-14-10(16-11)2-1-7-13/h3-6H,1-2H2. The smallest absolute Gasteiger partial charge is 0.247 e. The predicted octanol–water partition coefficient (Wildman–Crippen LogP) is 2.85. The number of benzene rings is 1. The molecule has 0 aliphatic carbocycles. The lowest BCUT2D eigenvalue weighted by atomic mass is 10.2. The molecule has 0 spiro atoms. The number of hydrogen-bond donors (Lipinski definition) is 0. The second-order valence-electron chi connectivity index (χ2n) is 3.17. The summed E-state index contributed by atoms with van der Waals surface area (Å²) < 4.78 is 5.40. The second kappa shape index (κ2) is 4.77. The fraction of sp³-hybridized carbons (Fsp3) is 0.182. The highest BCUT2D eigenvalue weighted by molar-refractivity contribution is 6.30. The Balaban J connectivity index is 2.18. The molecule has 0 N–H and O–H groups in total. The minimum absolute atomic E-state index is 0.377.